The monoisotopic (exact) mass is 155 g/mol. The lowest BCUT2D eigenvalue weighted by molar-refractivity contribution is 0.206. The molecule has 1 aliphatic carbocycles. The highest BCUT2D eigenvalue weighted by Crippen LogP contribution is 2.32. The van der Waals surface area contributed by atoms with Crippen molar-refractivity contribution in [3.05, 3.63) is 0 Å². The van der Waals surface area contributed by atoms with Crippen LogP contribution in [0.4, 0.5) is 0 Å². The Bertz CT molecular complexity index is 120. The molecule has 0 bridgehead atoms. The molecule has 2 N–H and O–H groups in total. The van der Waals surface area contributed by atoms with Crippen LogP contribution in [0.2, 0.25) is 0 Å². The fourth-order valence-corrected chi connectivity index (χ4v) is 2.00. The van der Waals surface area contributed by atoms with Crippen molar-refractivity contribution in [2.45, 2.75) is 46.1 Å². The van der Waals surface area contributed by atoms with E-state index in [-0.39, 0.29) is 0 Å². The molecule has 0 saturated heterocycles. The first-order chi connectivity index (χ1) is 5.11. The predicted octanol–water partition coefficient (Wildman–Crippen LogP) is 2.41. The van der Waals surface area contributed by atoms with Gasteiger partial charge in [-0.1, -0.05) is 20.8 Å². The molecular weight excluding hydrogens is 134 g/mol. The Balaban J connectivity index is 2.40. The summed E-state index contributed by atoms with van der Waals surface area (Å²) in [5, 5.41) is 0. The van der Waals surface area contributed by atoms with Gasteiger partial charge in [0, 0.05) is 6.04 Å². The second-order valence-corrected chi connectivity index (χ2v) is 4.46. The number of hydrogen-bond acceptors (Lipinski definition) is 1. The van der Waals surface area contributed by atoms with Gasteiger partial charge in [-0.25, -0.2) is 0 Å². The standard InChI is InChI=1S/C10H21N/c1-7(2)9-5-4-8(3)10(11)6-9/h7-10H,4-6,11H2,1-3H3/t8-,9+,10+/m0/s1. The summed E-state index contributed by atoms with van der Waals surface area (Å²) in [6.07, 6.45) is 3.98. The van der Waals surface area contributed by atoms with E-state index in [4.69, 9.17) is 5.73 Å². The smallest absolute Gasteiger partial charge is 0.00672 e. The first kappa shape index (κ1) is 9.05. The van der Waals surface area contributed by atoms with Gasteiger partial charge in [0.05, 0.1) is 0 Å². The molecule has 1 heteroatoms. The Morgan fingerprint density at radius 3 is 2.36 bits per heavy atom. The first-order valence-electron chi connectivity index (χ1n) is 4.87. The number of nitrogens with two attached hydrogens (primary N) is 1. The summed E-state index contributed by atoms with van der Waals surface area (Å²) in [7, 11) is 0. The Morgan fingerprint density at radius 2 is 1.91 bits per heavy atom. The Morgan fingerprint density at radius 1 is 1.27 bits per heavy atom. The summed E-state index contributed by atoms with van der Waals surface area (Å²) in [5.74, 6) is 2.47. The highest BCUT2D eigenvalue weighted by Gasteiger charge is 2.26. The maximum atomic E-state index is 6.01. The van der Waals surface area contributed by atoms with E-state index in [0.717, 1.165) is 17.8 Å². The van der Waals surface area contributed by atoms with Crippen LogP contribution in [-0.2, 0) is 0 Å². The molecule has 3 atom stereocenters. The van der Waals surface area contributed by atoms with Crippen LogP contribution in [0, 0.1) is 17.8 Å². The van der Waals surface area contributed by atoms with Gasteiger partial charge in [-0.3, -0.25) is 0 Å². The van der Waals surface area contributed by atoms with Crippen LogP contribution in [0.5, 0.6) is 0 Å². The van der Waals surface area contributed by atoms with Crippen LogP contribution >= 0.6 is 0 Å². The van der Waals surface area contributed by atoms with E-state index >= 15 is 0 Å². The molecule has 0 spiro atoms. The van der Waals surface area contributed by atoms with Gasteiger partial charge in [0.2, 0.25) is 0 Å². The van der Waals surface area contributed by atoms with Crippen LogP contribution in [0.15, 0.2) is 0 Å². The lowest BCUT2D eigenvalue weighted by atomic mass is 9.75. The Kier molecular flexibility index (Phi) is 2.94. The van der Waals surface area contributed by atoms with Gasteiger partial charge in [-0.15, -0.1) is 0 Å². The average molecular weight is 155 g/mol. The van der Waals surface area contributed by atoms with Crippen LogP contribution in [0.3, 0.4) is 0 Å². The summed E-state index contributed by atoms with van der Waals surface area (Å²) in [6.45, 7) is 6.90. The fraction of sp³-hybridized carbons (Fsp3) is 1.00. The molecule has 0 aromatic rings. The van der Waals surface area contributed by atoms with Crippen LogP contribution in [0.1, 0.15) is 40.0 Å². The topological polar surface area (TPSA) is 26.0 Å². The van der Waals surface area contributed by atoms with Crippen molar-refractivity contribution < 1.29 is 0 Å². The molecule has 1 nitrogen and oxygen atoms in total. The first-order valence-corrected chi connectivity index (χ1v) is 4.87. The molecule has 0 aromatic heterocycles. The lowest BCUT2D eigenvalue weighted by Gasteiger charge is -2.33. The molecule has 0 aromatic carbocycles. The predicted molar refractivity (Wildman–Crippen MR) is 49.3 cm³/mol. The third kappa shape index (κ3) is 2.19. The maximum absolute atomic E-state index is 6.01. The SMILES string of the molecule is CC(C)[C@@H]1CC[C@H](C)[C@H](N)C1. The molecule has 1 rings (SSSR count). The zero-order valence-electron chi connectivity index (χ0n) is 8.01. The average Bonchev–Trinajstić information content (AvgIpc) is 1.94. The largest absolute Gasteiger partial charge is 0.327 e. The zero-order valence-corrected chi connectivity index (χ0v) is 8.01. The van der Waals surface area contributed by atoms with Gasteiger partial charge in [0.1, 0.15) is 0 Å². The molecule has 0 radical (unpaired) electrons. The third-order valence-electron chi connectivity index (χ3n) is 3.24. The fourth-order valence-electron chi connectivity index (χ4n) is 2.00. The van der Waals surface area contributed by atoms with E-state index in [0.29, 0.717) is 6.04 Å². The Labute approximate surface area is 70.4 Å². The lowest BCUT2D eigenvalue weighted by Crippen LogP contribution is -2.36. The van der Waals surface area contributed by atoms with Gasteiger partial charge >= 0.3 is 0 Å². The molecule has 66 valence electrons. The summed E-state index contributed by atoms with van der Waals surface area (Å²) >= 11 is 0. The summed E-state index contributed by atoms with van der Waals surface area (Å²) < 4.78 is 0. The highest BCUT2D eigenvalue weighted by molar-refractivity contribution is 4.81. The van der Waals surface area contributed by atoms with Crippen molar-refractivity contribution in [1.29, 1.82) is 0 Å². The van der Waals surface area contributed by atoms with Gasteiger partial charge in [0.25, 0.3) is 0 Å². The minimum Gasteiger partial charge on any atom is -0.327 e. The maximum Gasteiger partial charge on any atom is 0.00672 e. The summed E-state index contributed by atoms with van der Waals surface area (Å²) in [5.41, 5.74) is 6.01. The second-order valence-electron chi connectivity index (χ2n) is 4.46. The van der Waals surface area contributed by atoms with Crippen molar-refractivity contribution in [2.24, 2.45) is 23.5 Å². The van der Waals surface area contributed by atoms with Crippen molar-refractivity contribution in [2.75, 3.05) is 0 Å². The van der Waals surface area contributed by atoms with Gasteiger partial charge in [0.15, 0.2) is 0 Å². The number of rotatable bonds is 1. The molecule has 1 saturated carbocycles. The molecule has 1 aliphatic rings. The van der Waals surface area contributed by atoms with Crippen molar-refractivity contribution in [3.63, 3.8) is 0 Å². The normalized spacial score (nSPS) is 39.5. The van der Waals surface area contributed by atoms with Crippen LogP contribution in [-0.4, -0.2) is 6.04 Å². The van der Waals surface area contributed by atoms with Gasteiger partial charge in [-0.2, -0.15) is 0 Å². The molecule has 0 heterocycles. The molecule has 0 amide bonds. The molecule has 0 unspecified atom stereocenters. The second kappa shape index (κ2) is 3.57. The van der Waals surface area contributed by atoms with E-state index in [2.05, 4.69) is 20.8 Å². The Hall–Kier alpha value is -0.0400. The summed E-state index contributed by atoms with van der Waals surface area (Å²) in [4.78, 5) is 0. The van der Waals surface area contributed by atoms with Crippen LogP contribution in [0.25, 0.3) is 0 Å². The van der Waals surface area contributed by atoms with Crippen molar-refractivity contribution in [1.82, 2.24) is 0 Å². The quantitative estimate of drug-likeness (QED) is 0.618. The third-order valence-corrected chi connectivity index (χ3v) is 3.24. The molecular formula is C10H21N. The van der Waals surface area contributed by atoms with E-state index in [1.54, 1.807) is 0 Å². The number of hydrogen-bond donors (Lipinski definition) is 1. The van der Waals surface area contributed by atoms with E-state index < -0.39 is 0 Å². The molecule has 11 heavy (non-hydrogen) atoms. The molecule has 0 aliphatic heterocycles. The van der Waals surface area contributed by atoms with Crippen LogP contribution < -0.4 is 5.73 Å². The summed E-state index contributed by atoms with van der Waals surface area (Å²) in [6, 6.07) is 0.469. The van der Waals surface area contributed by atoms with E-state index in [1.807, 2.05) is 0 Å². The zero-order chi connectivity index (χ0) is 8.43. The van der Waals surface area contributed by atoms with Gasteiger partial charge in [-0.05, 0) is 37.0 Å². The van der Waals surface area contributed by atoms with E-state index in [9.17, 15) is 0 Å². The van der Waals surface area contributed by atoms with Crippen molar-refractivity contribution in [3.8, 4) is 0 Å². The van der Waals surface area contributed by atoms with Crippen molar-refractivity contribution >= 4 is 0 Å². The minimum absolute atomic E-state index is 0.469. The highest BCUT2D eigenvalue weighted by atomic mass is 14.7. The van der Waals surface area contributed by atoms with E-state index in [1.165, 1.54) is 19.3 Å². The minimum atomic E-state index is 0.469. The molecule has 1 fully saturated rings. The van der Waals surface area contributed by atoms with Gasteiger partial charge < -0.3 is 5.73 Å².